The maximum atomic E-state index is 5.59. The monoisotopic (exact) mass is 207 g/mol. The number of rotatable bonds is 3. The van der Waals surface area contributed by atoms with Crippen LogP contribution in [-0.4, -0.2) is 36.0 Å². The van der Waals surface area contributed by atoms with Crippen molar-refractivity contribution in [1.29, 1.82) is 0 Å². The zero-order valence-electron chi connectivity index (χ0n) is 9.10. The molecule has 3 rings (SSSR count). The Morgan fingerprint density at radius 3 is 2.93 bits per heavy atom. The van der Waals surface area contributed by atoms with Crippen LogP contribution in [0.4, 0.5) is 0 Å². The molecule has 0 radical (unpaired) electrons. The third-order valence-corrected chi connectivity index (χ3v) is 3.71. The van der Waals surface area contributed by atoms with Crippen molar-refractivity contribution < 1.29 is 4.74 Å². The summed E-state index contributed by atoms with van der Waals surface area (Å²) in [5.41, 5.74) is 4.04. The lowest BCUT2D eigenvalue weighted by atomic mass is 9.89. The fourth-order valence-electron chi connectivity index (χ4n) is 2.58. The molecular formula is C11H17N3O. The van der Waals surface area contributed by atoms with Crippen LogP contribution in [-0.2, 0) is 24.0 Å². The summed E-state index contributed by atoms with van der Waals surface area (Å²) >= 11 is 0. The van der Waals surface area contributed by atoms with Crippen molar-refractivity contribution in [3.63, 3.8) is 0 Å². The van der Waals surface area contributed by atoms with E-state index >= 15 is 0 Å². The van der Waals surface area contributed by atoms with E-state index in [9.17, 15) is 0 Å². The van der Waals surface area contributed by atoms with E-state index in [-0.39, 0.29) is 5.60 Å². The second kappa shape index (κ2) is 3.32. The molecular weight excluding hydrogens is 190 g/mol. The molecule has 0 spiro atoms. The molecule has 0 amide bonds. The van der Waals surface area contributed by atoms with E-state index in [1.807, 2.05) is 0 Å². The minimum Gasteiger partial charge on any atom is -0.375 e. The van der Waals surface area contributed by atoms with Crippen molar-refractivity contribution in [2.24, 2.45) is 0 Å². The normalized spacial score (nSPS) is 22.5. The van der Waals surface area contributed by atoms with Crippen LogP contribution in [0.5, 0.6) is 0 Å². The van der Waals surface area contributed by atoms with Crippen molar-refractivity contribution >= 4 is 0 Å². The lowest BCUT2D eigenvalue weighted by Gasteiger charge is -2.41. The molecule has 15 heavy (non-hydrogen) atoms. The van der Waals surface area contributed by atoms with E-state index in [4.69, 9.17) is 4.74 Å². The predicted molar refractivity (Wildman–Crippen MR) is 56.9 cm³/mol. The van der Waals surface area contributed by atoms with Gasteiger partial charge in [0.1, 0.15) is 0 Å². The molecule has 1 aliphatic carbocycles. The Hall–Kier alpha value is -0.870. The van der Waals surface area contributed by atoms with E-state index in [1.54, 1.807) is 7.11 Å². The number of aryl methyl sites for hydroxylation is 1. The first-order valence-electron chi connectivity index (χ1n) is 5.64. The van der Waals surface area contributed by atoms with E-state index in [2.05, 4.69) is 15.5 Å². The van der Waals surface area contributed by atoms with Crippen LogP contribution in [0.3, 0.4) is 0 Å². The standard InChI is InChI=1S/C11H17N3O/c1-15-11(6-12-7-11)5-10-8-3-2-4-9(8)13-14-10/h12H,2-7H2,1H3,(H,13,14). The van der Waals surface area contributed by atoms with Gasteiger partial charge in [-0.1, -0.05) is 0 Å². The van der Waals surface area contributed by atoms with Gasteiger partial charge in [-0.2, -0.15) is 5.10 Å². The van der Waals surface area contributed by atoms with Crippen molar-refractivity contribution in [3.05, 3.63) is 17.0 Å². The van der Waals surface area contributed by atoms with Gasteiger partial charge in [-0.25, -0.2) is 0 Å². The van der Waals surface area contributed by atoms with Gasteiger partial charge in [0.15, 0.2) is 0 Å². The van der Waals surface area contributed by atoms with Gasteiger partial charge in [-0.05, 0) is 24.8 Å². The van der Waals surface area contributed by atoms with E-state index < -0.39 is 0 Å². The molecule has 2 N–H and O–H groups in total. The van der Waals surface area contributed by atoms with Crippen molar-refractivity contribution in [2.75, 3.05) is 20.2 Å². The van der Waals surface area contributed by atoms with Crippen LogP contribution < -0.4 is 5.32 Å². The van der Waals surface area contributed by atoms with Gasteiger partial charge in [0.05, 0.1) is 11.3 Å². The molecule has 2 aliphatic rings. The molecule has 2 heterocycles. The molecule has 1 aromatic heterocycles. The predicted octanol–water partition coefficient (Wildman–Crippen LogP) is 0.429. The number of ether oxygens (including phenoxy) is 1. The van der Waals surface area contributed by atoms with Crippen LogP contribution in [0.25, 0.3) is 0 Å². The fraction of sp³-hybridized carbons (Fsp3) is 0.727. The number of hydrogen-bond acceptors (Lipinski definition) is 3. The highest BCUT2D eigenvalue weighted by Crippen LogP contribution is 2.28. The highest BCUT2D eigenvalue weighted by molar-refractivity contribution is 5.31. The summed E-state index contributed by atoms with van der Waals surface area (Å²) in [4.78, 5) is 0. The zero-order valence-corrected chi connectivity index (χ0v) is 9.10. The Kier molecular flexibility index (Phi) is 2.07. The first kappa shape index (κ1) is 9.36. The van der Waals surface area contributed by atoms with E-state index in [1.165, 1.54) is 36.2 Å². The molecule has 1 aliphatic heterocycles. The Bertz CT molecular complexity index is 362. The van der Waals surface area contributed by atoms with Gasteiger partial charge in [-0.3, -0.25) is 5.10 Å². The van der Waals surface area contributed by atoms with Gasteiger partial charge < -0.3 is 10.1 Å². The summed E-state index contributed by atoms with van der Waals surface area (Å²) in [5, 5.41) is 10.8. The Morgan fingerprint density at radius 2 is 2.27 bits per heavy atom. The molecule has 4 heteroatoms. The molecule has 0 atom stereocenters. The average Bonchev–Trinajstić information content (AvgIpc) is 2.74. The zero-order chi connectivity index (χ0) is 10.3. The Morgan fingerprint density at radius 1 is 1.40 bits per heavy atom. The molecule has 4 nitrogen and oxygen atoms in total. The molecule has 0 unspecified atom stereocenters. The molecule has 1 saturated heterocycles. The van der Waals surface area contributed by atoms with Crippen molar-refractivity contribution in [3.8, 4) is 0 Å². The lowest BCUT2D eigenvalue weighted by Crippen LogP contribution is -2.62. The fourth-order valence-corrected chi connectivity index (χ4v) is 2.58. The van der Waals surface area contributed by atoms with Gasteiger partial charge >= 0.3 is 0 Å². The van der Waals surface area contributed by atoms with Crippen LogP contribution in [0.15, 0.2) is 0 Å². The van der Waals surface area contributed by atoms with Gasteiger partial charge in [0, 0.05) is 32.3 Å². The number of H-pyrrole nitrogens is 1. The third kappa shape index (κ3) is 1.40. The summed E-state index contributed by atoms with van der Waals surface area (Å²) in [6, 6.07) is 0. The second-order valence-electron chi connectivity index (χ2n) is 4.65. The highest BCUT2D eigenvalue weighted by atomic mass is 16.5. The molecule has 1 fully saturated rings. The summed E-state index contributed by atoms with van der Waals surface area (Å²) < 4.78 is 5.59. The topological polar surface area (TPSA) is 49.9 Å². The van der Waals surface area contributed by atoms with Gasteiger partial charge in [0.25, 0.3) is 0 Å². The van der Waals surface area contributed by atoms with Crippen LogP contribution >= 0.6 is 0 Å². The quantitative estimate of drug-likeness (QED) is 0.755. The molecule has 82 valence electrons. The first-order valence-corrected chi connectivity index (χ1v) is 5.64. The molecule has 0 saturated carbocycles. The maximum Gasteiger partial charge on any atom is 0.0981 e. The SMILES string of the molecule is COC1(Cc2n[nH]c3c2CCC3)CNC1. The van der Waals surface area contributed by atoms with E-state index in [0.29, 0.717) is 0 Å². The summed E-state index contributed by atoms with van der Waals surface area (Å²) in [6.07, 6.45) is 4.58. The highest BCUT2D eigenvalue weighted by Gasteiger charge is 2.38. The van der Waals surface area contributed by atoms with Crippen LogP contribution in [0, 0.1) is 0 Å². The number of fused-ring (bicyclic) bond motifs is 1. The largest absolute Gasteiger partial charge is 0.375 e. The van der Waals surface area contributed by atoms with Crippen LogP contribution in [0.2, 0.25) is 0 Å². The lowest BCUT2D eigenvalue weighted by molar-refractivity contribution is -0.0510. The Balaban J connectivity index is 1.82. The maximum absolute atomic E-state index is 5.59. The average molecular weight is 207 g/mol. The molecule has 1 aromatic rings. The first-order chi connectivity index (χ1) is 7.33. The summed E-state index contributed by atoms with van der Waals surface area (Å²) in [6.45, 7) is 1.90. The number of aromatic nitrogens is 2. The summed E-state index contributed by atoms with van der Waals surface area (Å²) in [5.74, 6) is 0. The smallest absolute Gasteiger partial charge is 0.0981 e. The molecule has 0 bridgehead atoms. The number of nitrogens with zero attached hydrogens (tertiary/aromatic N) is 1. The summed E-state index contributed by atoms with van der Waals surface area (Å²) in [7, 11) is 1.80. The van der Waals surface area contributed by atoms with Gasteiger partial charge in [0.2, 0.25) is 0 Å². The van der Waals surface area contributed by atoms with Crippen LogP contribution in [0.1, 0.15) is 23.4 Å². The van der Waals surface area contributed by atoms with Crippen molar-refractivity contribution in [1.82, 2.24) is 15.5 Å². The van der Waals surface area contributed by atoms with Crippen molar-refractivity contribution in [2.45, 2.75) is 31.3 Å². The Labute approximate surface area is 89.4 Å². The number of aromatic amines is 1. The number of nitrogens with one attached hydrogen (secondary N) is 2. The minimum absolute atomic E-state index is 0.00551. The number of methoxy groups -OCH3 is 1. The molecule has 0 aromatic carbocycles. The number of hydrogen-bond donors (Lipinski definition) is 2. The van der Waals surface area contributed by atoms with E-state index in [0.717, 1.165) is 19.5 Å². The van der Waals surface area contributed by atoms with Gasteiger partial charge in [-0.15, -0.1) is 0 Å². The second-order valence-corrected chi connectivity index (χ2v) is 4.65. The third-order valence-electron chi connectivity index (χ3n) is 3.71. The minimum atomic E-state index is 0.00551.